The Morgan fingerprint density at radius 1 is 1.55 bits per heavy atom. The molecule has 2 rings (SSSR count). The predicted molar refractivity (Wildman–Crippen MR) is 72.6 cm³/mol. The van der Waals surface area contributed by atoms with Crippen molar-refractivity contribution in [3.63, 3.8) is 0 Å². The largest absolute Gasteiger partial charge is 0.479 e. The normalized spacial score (nSPS) is 19.4. The van der Waals surface area contributed by atoms with Gasteiger partial charge in [0.15, 0.2) is 0 Å². The van der Waals surface area contributed by atoms with E-state index in [1.54, 1.807) is 0 Å². The molecule has 0 unspecified atom stereocenters. The second-order valence-electron chi connectivity index (χ2n) is 5.60. The highest BCUT2D eigenvalue weighted by Gasteiger charge is 2.36. The van der Waals surface area contributed by atoms with Crippen LogP contribution < -0.4 is 10.1 Å². The Labute approximate surface area is 118 Å². The number of hydrogen-bond acceptors (Lipinski definition) is 5. The molecule has 112 valence electrons. The molecule has 1 saturated carbocycles. The van der Waals surface area contributed by atoms with Crippen molar-refractivity contribution in [3.05, 3.63) is 11.8 Å². The Hall–Kier alpha value is -1.56. The fraction of sp³-hybridized carbons (Fsp3) is 0.714. The van der Waals surface area contributed by atoms with Crippen molar-refractivity contribution < 1.29 is 19.2 Å². The van der Waals surface area contributed by atoms with Crippen molar-refractivity contribution in [1.29, 1.82) is 0 Å². The highest BCUT2D eigenvalue weighted by Crippen LogP contribution is 2.32. The Bertz CT molecular complexity index is 454. The quantitative estimate of drug-likeness (QED) is 0.859. The van der Waals surface area contributed by atoms with Crippen molar-refractivity contribution in [2.75, 3.05) is 13.7 Å². The summed E-state index contributed by atoms with van der Waals surface area (Å²) < 4.78 is 9.81. The molecule has 0 saturated heterocycles. The number of nitrogens with zero attached hydrogens (tertiary/aromatic N) is 1. The first-order valence-corrected chi connectivity index (χ1v) is 7.03. The highest BCUT2D eigenvalue weighted by atomic mass is 16.5. The predicted octanol–water partition coefficient (Wildman–Crippen LogP) is 1.74. The molecule has 1 aliphatic carbocycles. The van der Waals surface area contributed by atoms with Gasteiger partial charge < -0.3 is 19.7 Å². The lowest BCUT2D eigenvalue weighted by atomic mass is 9.76. The average molecular weight is 282 g/mol. The van der Waals surface area contributed by atoms with Gasteiger partial charge in [0.2, 0.25) is 5.76 Å². The lowest BCUT2D eigenvalue weighted by Gasteiger charge is -2.39. The van der Waals surface area contributed by atoms with E-state index >= 15 is 0 Å². The van der Waals surface area contributed by atoms with Crippen LogP contribution in [0.2, 0.25) is 0 Å². The molecule has 0 aromatic carbocycles. The van der Waals surface area contributed by atoms with Crippen LogP contribution in [-0.2, 0) is 0 Å². The van der Waals surface area contributed by atoms with E-state index in [9.17, 15) is 9.90 Å². The zero-order valence-electron chi connectivity index (χ0n) is 12.0. The average Bonchev–Trinajstić information content (AvgIpc) is 2.97. The molecule has 1 aliphatic rings. The minimum absolute atomic E-state index is 0.0886. The minimum atomic E-state index is -0.627. The van der Waals surface area contributed by atoms with Crippen LogP contribution in [0.15, 0.2) is 10.6 Å². The van der Waals surface area contributed by atoms with Gasteiger partial charge in [-0.3, -0.25) is 4.79 Å². The van der Waals surface area contributed by atoms with Crippen molar-refractivity contribution >= 4 is 5.91 Å². The minimum Gasteiger partial charge on any atom is -0.479 e. The second kappa shape index (κ2) is 6.26. The standard InChI is InChI=1S/C14H22N2O4/c1-14(9-17,10-6-4-3-5-7-10)15-13(18)11-8-12(19-2)16-20-11/h8,10,17H,3-7,9H2,1-2H3,(H,15,18)/t14-/m0/s1. The molecule has 0 aliphatic heterocycles. The third-order valence-corrected chi connectivity index (χ3v) is 4.16. The zero-order valence-corrected chi connectivity index (χ0v) is 12.0. The summed E-state index contributed by atoms with van der Waals surface area (Å²) in [5, 5.41) is 16.2. The molecule has 6 nitrogen and oxygen atoms in total. The van der Waals surface area contributed by atoms with E-state index in [4.69, 9.17) is 9.26 Å². The summed E-state index contributed by atoms with van der Waals surface area (Å²) in [5.74, 6) is 0.272. The third-order valence-electron chi connectivity index (χ3n) is 4.16. The Morgan fingerprint density at radius 2 is 2.25 bits per heavy atom. The van der Waals surface area contributed by atoms with Crippen LogP contribution in [0.4, 0.5) is 0 Å². The summed E-state index contributed by atoms with van der Waals surface area (Å²) in [4.78, 5) is 12.2. The van der Waals surface area contributed by atoms with Gasteiger partial charge in [-0.05, 0) is 30.8 Å². The number of amides is 1. The van der Waals surface area contributed by atoms with Gasteiger partial charge in [0, 0.05) is 0 Å². The van der Waals surface area contributed by atoms with E-state index in [2.05, 4.69) is 10.5 Å². The highest BCUT2D eigenvalue weighted by molar-refractivity contribution is 5.92. The molecule has 1 amide bonds. The number of methoxy groups -OCH3 is 1. The summed E-state index contributed by atoms with van der Waals surface area (Å²) >= 11 is 0. The molecule has 1 aromatic rings. The van der Waals surface area contributed by atoms with Crippen LogP contribution in [-0.4, -0.2) is 35.4 Å². The zero-order chi connectivity index (χ0) is 14.6. The van der Waals surface area contributed by atoms with Gasteiger partial charge in [-0.15, -0.1) is 0 Å². The molecular weight excluding hydrogens is 260 g/mol. The molecule has 1 aromatic heterocycles. The SMILES string of the molecule is COc1cc(C(=O)N[C@@](C)(CO)C2CCCCC2)on1. The van der Waals surface area contributed by atoms with Crippen LogP contribution in [0.5, 0.6) is 5.88 Å². The lowest BCUT2D eigenvalue weighted by Crippen LogP contribution is -2.54. The van der Waals surface area contributed by atoms with Crippen molar-refractivity contribution in [2.24, 2.45) is 5.92 Å². The van der Waals surface area contributed by atoms with E-state index < -0.39 is 5.54 Å². The summed E-state index contributed by atoms with van der Waals surface area (Å²) in [7, 11) is 1.46. The lowest BCUT2D eigenvalue weighted by molar-refractivity contribution is 0.0650. The van der Waals surface area contributed by atoms with E-state index in [0.717, 1.165) is 25.7 Å². The number of aromatic nitrogens is 1. The van der Waals surface area contributed by atoms with Crippen molar-refractivity contribution in [2.45, 2.75) is 44.6 Å². The van der Waals surface area contributed by atoms with Crippen LogP contribution in [0.1, 0.15) is 49.6 Å². The van der Waals surface area contributed by atoms with Gasteiger partial charge in [0.05, 0.1) is 25.3 Å². The van der Waals surface area contributed by atoms with Crippen molar-refractivity contribution in [3.8, 4) is 5.88 Å². The van der Waals surface area contributed by atoms with Gasteiger partial charge in [-0.1, -0.05) is 19.3 Å². The molecule has 1 atom stereocenters. The van der Waals surface area contributed by atoms with Crippen LogP contribution >= 0.6 is 0 Å². The number of carbonyl (C=O) groups is 1. The Morgan fingerprint density at radius 3 is 2.80 bits per heavy atom. The van der Waals surface area contributed by atoms with Gasteiger partial charge in [0.25, 0.3) is 11.8 Å². The molecule has 1 heterocycles. The van der Waals surface area contributed by atoms with Gasteiger partial charge >= 0.3 is 0 Å². The Balaban J connectivity index is 2.06. The van der Waals surface area contributed by atoms with Gasteiger partial charge in [-0.25, -0.2) is 0 Å². The molecule has 0 bridgehead atoms. The molecular formula is C14H22N2O4. The molecule has 1 fully saturated rings. The molecule has 0 spiro atoms. The molecule has 2 N–H and O–H groups in total. The first-order chi connectivity index (χ1) is 9.59. The maximum atomic E-state index is 12.2. The first-order valence-electron chi connectivity index (χ1n) is 7.03. The van der Waals surface area contributed by atoms with Crippen LogP contribution in [0.3, 0.4) is 0 Å². The van der Waals surface area contributed by atoms with Gasteiger partial charge in [-0.2, -0.15) is 0 Å². The fourth-order valence-corrected chi connectivity index (χ4v) is 2.79. The molecule has 20 heavy (non-hydrogen) atoms. The number of nitrogens with one attached hydrogen (secondary N) is 1. The van der Waals surface area contributed by atoms with E-state index in [-0.39, 0.29) is 30.1 Å². The number of ether oxygens (including phenoxy) is 1. The third kappa shape index (κ3) is 3.12. The number of carbonyl (C=O) groups excluding carboxylic acids is 1. The van der Waals surface area contributed by atoms with Gasteiger partial charge in [0.1, 0.15) is 0 Å². The Kier molecular flexibility index (Phi) is 4.65. The number of rotatable bonds is 5. The summed E-state index contributed by atoms with van der Waals surface area (Å²) in [6, 6.07) is 1.44. The van der Waals surface area contributed by atoms with Crippen LogP contribution in [0.25, 0.3) is 0 Å². The maximum Gasteiger partial charge on any atom is 0.290 e. The monoisotopic (exact) mass is 282 g/mol. The van der Waals surface area contributed by atoms with E-state index in [1.165, 1.54) is 19.6 Å². The second-order valence-corrected chi connectivity index (χ2v) is 5.60. The van der Waals surface area contributed by atoms with Crippen LogP contribution in [0, 0.1) is 5.92 Å². The maximum absolute atomic E-state index is 12.2. The van der Waals surface area contributed by atoms with E-state index in [0.29, 0.717) is 0 Å². The molecule has 6 heteroatoms. The summed E-state index contributed by atoms with van der Waals surface area (Å²) in [6.45, 7) is 1.79. The number of aliphatic hydroxyl groups is 1. The topological polar surface area (TPSA) is 84.6 Å². The summed E-state index contributed by atoms with van der Waals surface area (Å²) in [5.41, 5.74) is -0.627. The number of hydrogen-bond donors (Lipinski definition) is 2. The fourth-order valence-electron chi connectivity index (χ4n) is 2.79. The molecule has 0 radical (unpaired) electrons. The van der Waals surface area contributed by atoms with E-state index in [1.807, 2.05) is 6.92 Å². The first kappa shape index (κ1) is 14.8. The number of aliphatic hydroxyl groups excluding tert-OH is 1. The van der Waals surface area contributed by atoms with Crippen molar-refractivity contribution in [1.82, 2.24) is 10.5 Å². The smallest absolute Gasteiger partial charge is 0.290 e. The summed E-state index contributed by atoms with van der Waals surface area (Å²) in [6.07, 6.45) is 5.57.